The SMILES string of the molecule is Clc1cccc(OCC2(CBr)CC2)c1Cl. The summed E-state index contributed by atoms with van der Waals surface area (Å²) in [6.45, 7) is 0.707. The van der Waals surface area contributed by atoms with Gasteiger partial charge < -0.3 is 4.74 Å². The molecule has 1 aromatic rings. The van der Waals surface area contributed by atoms with E-state index >= 15 is 0 Å². The molecule has 0 saturated heterocycles. The molecule has 0 amide bonds. The predicted octanol–water partition coefficient (Wildman–Crippen LogP) is 4.55. The lowest BCUT2D eigenvalue weighted by Crippen LogP contribution is -2.14. The smallest absolute Gasteiger partial charge is 0.139 e. The highest BCUT2D eigenvalue weighted by molar-refractivity contribution is 9.09. The van der Waals surface area contributed by atoms with Gasteiger partial charge >= 0.3 is 0 Å². The van der Waals surface area contributed by atoms with Crippen molar-refractivity contribution in [2.24, 2.45) is 5.41 Å². The van der Waals surface area contributed by atoms with Crippen molar-refractivity contribution in [3.05, 3.63) is 28.2 Å². The Balaban J connectivity index is 2.02. The van der Waals surface area contributed by atoms with Crippen LogP contribution in [-0.2, 0) is 0 Å². The molecule has 0 radical (unpaired) electrons. The zero-order valence-corrected chi connectivity index (χ0v) is 11.2. The van der Waals surface area contributed by atoms with E-state index in [0.29, 0.717) is 27.8 Å². The van der Waals surface area contributed by atoms with Crippen LogP contribution in [0.5, 0.6) is 5.75 Å². The molecule has 0 spiro atoms. The molecule has 1 saturated carbocycles. The number of halogens is 3. The van der Waals surface area contributed by atoms with E-state index in [1.54, 1.807) is 6.07 Å². The lowest BCUT2D eigenvalue weighted by atomic mass is 10.2. The van der Waals surface area contributed by atoms with Gasteiger partial charge in [0.25, 0.3) is 0 Å². The monoisotopic (exact) mass is 308 g/mol. The maximum absolute atomic E-state index is 6.02. The molecule has 2 rings (SSSR count). The molecule has 1 nitrogen and oxygen atoms in total. The third-order valence-electron chi connectivity index (χ3n) is 2.69. The molecule has 1 aliphatic carbocycles. The lowest BCUT2D eigenvalue weighted by molar-refractivity contribution is 0.251. The van der Waals surface area contributed by atoms with Crippen molar-refractivity contribution < 1.29 is 4.74 Å². The lowest BCUT2D eigenvalue weighted by Gasteiger charge is -2.14. The van der Waals surface area contributed by atoms with Gasteiger partial charge in [-0.1, -0.05) is 45.2 Å². The second-order valence-corrected chi connectivity index (χ2v) is 5.32. The van der Waals surface area contributed by atoms with E-state index in [4.69, 9.17) is 27.9 Å². The summed E-state index contributed by atoms with van der Waals surface area (Å²) in [7, 11) is 0. The standard InChI is InChI=1S/C11H11BrCl2O/c12-6-11(4-5-11)7-15-9-3-1-2-8(13)10(9)14/h1-3H,4-7H2. The molecule has 1 aliphatic rings. The molecule has 0 heterocycles. The molecule has 0 atom stereocenters. The molecule has 15 heavy (non-hydrogen) atoms. The van der Waals surface area contributed by atoms with Crippen LogP contribution in [0.3, 0.4) is 0 Å². The van der Waals surface area contributed by atoms with Gasteiger partial charge in [-0.25, -0.2) is 0 Å². The number of ether oxygens (including phenoxy) is 1. The van der Waals surface area contributed by atoms with Crippen molar-refractivity contribution in [1.29, 1.82) is 0 Å². The number of hydrogen-bond donors (Lipinski definition) is 0. The summed E-state index contributed by atoms with van der Waals surface area (Å²) in [6.07, 6.45) is 2.44. The van der Waals surface area contributed by atoms with Crippen molar-refractivity contribution in [2.45, 2.75) is 12.8 Å². The second kappa shape index (κ2) is 4.52. The topological polar surface area (TPSA) is 9.23 Å². The van der Waals surface area contributed by atoms with Gasteiger partial charge in [-0.05, 0) is 25.0 Å². The molecule has 0 N–H and O–H groups in total. The molecule has 1 fully saturated rings. The molecule has 1 aromatic carbocycles. The Labute approximate surface area is 108 Å². The fourth-order valence-corrected chi connectivity index (χ4v) is 2.39. The fourth-order valence-electron chi connectivity index (χ4n) is 1.32. The summed E-state index contributed by atoms with van der Waals surface area (Å²) in [5.41, 5.74) is 0.325. The zero-order chi connectivity index (χ0) is 10.9. The second-order valence-electron chi connectivity index (χ2n) is 3.97. The Morgan fingerprint density at radius 2 is 2.07 bits per heavy atom. The molecule has 0 aliphatic heterocycles. The van der Waals surface area contributed by atoms with Crippen molar-refractivity contribution >= 4 is 39.1 Å². The van der Waals surface area contributed by atoms with Crippen LogP contribution in [0.1, 0.15) is 12.8 Å². The molecular weight excluding hydrogens is 299 g/mol. The van der Waals surface area contributed by atoms with Gasteiger partial charge in [0.15, 0.2) is 0 Å². The molecule has 0 aromatic heterocycles. The van der Waals surface area contributed by atoms with Gasteiger partial charge in [-0.15, -0.1) is 0 Å². The van der Waals surface area contributed by atoms with Gasteiger partial charge in [0.2, 0.25) is 0 Å². The van der Waals surface area contributed by atoms with Crippen LogP contribution < -0.4 is 4.74 Å². The predicted molar refractivity (Wildman–Crippen MR) is 67.4 cm³/mol. The van der Waals surface area contributed by atoms with Crippen LogP contribution >= 0.6 is 39.1 Å². The minimum atomic E-state index is 0.325. The average Bonchev–Trinajstić information content (AvgIpc) is 3.01. The van der Waals surface area contributed by atoms with Gasteiger partial charge in [0.1, 0.15) is 10.8 Å². The van der Waals surface area contributed by atoms with Crippen molar-refractivity contribution in [3.8, 4) is 5.75 Å². The number of alkyl halides is 1. The summed E-state index contributed by atoms with van der Waals surface area (Å²) < 4.78 is 5.69. The van der Waals surface area contributed by atoms with Crippen molar-refractivity contribution in [3.63, 3.8) is 0 Å². The van der Waals surface area contributed by atoms with E-state index in [2.05, 4.69) is 15.9 Å². The Kier molecular flexibility index (Phi) is 3.49. The first kappa shape index (κ1) is 11.6. The van der Waals surface area contributed by atoms with Gasteiger partial charge in [0, 0.05) is 10.7 Å². The third-order valence-corrected chi connectivity index (χ3v) is 4.68. The van der Waals surface area contributed by atoms with Gasteiger partial charge in [-0.2, -0.15) is 0 Å². The first-order valence-electron chi connectivity index (χ1n) is 4.80. The Morgan fingerprint density at radius 3 is 2.67 bits per heavy atom. The fraction of sp³-hybridized carbons (Fsp3) is 0.455. The quantitative estimate of drug-likeness (QED) is 0.742. The molecule has 0 unspecified atom stereocenters. The highest BCUT2D eigenvalue weighted by atomic mass is 79.9. The van der Waals surface area contributed by atoms with E-state index in [1.807, 2.05) is 12.1 Å². The summed E-state index contributed by atoms with van der Waals surface area (Å²) >= 11 is 15.4. The molecular formula is C11H11BrCl2O. The molecule has 0 bridgehead atoms. The largest absolute Gasteiger partial charge is 0.491 e. The number of hydrogen-bond acceptors (Lipinski definition) is 1. The summed E-state index contributed by atoms with van der Waals surface area (Å²) in [6, 6.07) is 5.45. The average molecular weight is 310 g/mol. The summed E-state index contributed by atoms with van der Waals surface area (Å²) in [5, 5.41) is 2.03. The highest BCUT2D eigenvalue weighted by Crippen LogP contribution is 2.47. The van der Waals surface area contributed by atoms with Crippen LogP contribution in [0.25, 0.3) is 0 Å². The Morgan fingerprint density at radius 1 is 1.33 bits per heavy atom. The van der Waals surface area contributed by atoms with Crippen molar-refractivity contribution in [1.82, 2.24) is 0 Å². The van der Waals surface area contributed by atoms with Crippen molar-refractivity contribution in [2.75, 3.05) is 11.9 Å². The van der Waals surface area contributed by atoms with Crippen LogP contribution in [-0.4, -0.2) is 11.9 Å². The zero-order valence-electron chi connectivity index (χ0n) is 8.10. The third kappa shape index (κ3) is 2.61. The first-order valence-corrected chi connectivity index (χ1v) is 6.67. The van der Waals surface area contributed by atoms with Crippen LogP contribution in [0.2, 0.25) is 10.0 Å². The van der Waals surface area contributed by atoms with E-state index in [9.17, 15) is 0 Å². The first-order chi connectivity index (χ1) is 7.17. The normalized spacial score (nSPS) is 17.5. The number of rotatable bonds is 4. The molecule has 4 heteroatoms. The highest BCUT2D eigenvalue weighted by Gasteiger charge is 2.42. The van der Waals surface area contributed by atoms with E-state index in [0.717, 1.165) is 5.33 Å². The van der Waals surface area contributed by atoms with Crippen LogP contribution in [0, 0.1) is 5.41 Å². The van der Waals surface area contributed by atoms with E-state index < -0.39 is 0 Å². The molecule has 82 valence electrons. The Bertz CT molecular complexity index is 364. The maximum Gasteiger partial charge on any atom is 0.139 e. The Hall–Kier alpha value is 0.0800. The summed E-state index contributed by atoms with van der Waals surface area (Å²) in [4.78, 5) is 0. The van der Waals surface area contributed by atoms with Crippen LogP contribution in [0.4, 0.5) is 0 Å². The number of benzene rings is 1. The van der Waals surface area contributed by atoms with E-state index in [1.165, 1.54) is 12.8 Å². The van der Waals surface area contributed by atoms with Gasteiger partial charge in [-0.3, -0.25) is 0 Å². The van der Waals surface area contributed by atoms with Crippen LogP contribution in [0.15, 0.2) is 18.2 Å². The summed E-state index contributed by atoms with van der Waals surface area (Å²) in [5.74, 6) is 0.677. The minimum absolute atomic E-state index is 0.325. The van der Waals surface area contributed by atoms with E-state index in [-0.39, 0.29) is 0 Å². The minimum Gasteiger partial charge on any atom is -0.491 e. The maximum atomic E-state index is 6.02. The van der Waals surface area contributed by atoms with Gasteiger partial charge in [0.05, 0.1) is 11.6 Å².